The number of fused-ring (bicyclic) bond motifs is 4. The molecule has 0 unspecified atom stereocenters. The Morgan fingerprint density at radius 3 is 1.25 bits per heavy atom. The number of nitrogens with zero attached hydrogens (tertiary/aromatic N) is 21. The number of nitriles is 4. The van der Waals surface area contributed by atoms with Gasteiger partial charge in [0.2, 0.25) is 0 Å². The van der Waals surface area contributed by atoms with Gasteiger partial charge in [0.05, 0.1) is 137 Å². The molecular formula is C107H97N21O6. The summed E-state index contributed by atoms with van der Waals surface area (Å²) in [7, 11) is 6.40. The van der Waals surface area contributed by atoms with Gasteiger partial charge in [-0.15, -0.1) is 0 Å². The number of hydrogen-bond donors (Lipinski definition) is 0. The zero-order valence-electron chi connectivity index (χ0n) is 74.7. The van der Waals surface area contributed by atoms with Gasteiger partial charge in [0.25, 0.3) is 23.6 Å². The average Bonchev–Trinajstić information content (AvgIpc) is 1.66. The van der Waals surface area contributed by atoms with E-state index in [-0.39, 0.29) is 23.6 Å². The van der Waals surface area contributed by atoms with Gasteiger partial charge >= 0.3 is 0 Å². The summed E-state index contributed by atoms with van der Waals surface area (Å²) in [6.07, 6.45) is 17.1. The van der Waals surface area contributed by atoms with Gasteiger partial charge in [-0.05, 0) is 215 Å². The molecule has 0 aliphatic carbocycles. The van der Waals surface area contributed by atoms with Gasteiger partial charge in [0.1, 0.15) is 12.0 Å². The number of aromatic nitrogens is 10. The number of carbonyl (C=O) groups excluding carboxylic acids is 4. The summed E-state index contributed by atoms with van der Waals surface area (Å²) in [5.74, 6) is 0.284. The number of amides is 4. The lowest BCUT2D eigenvalue weighted by atomic mass is 10.0. The normalized spacial score (nSPS) is 15.0. The number of piperazine rings is 1. The molecule has 0 spiro atoms. The van der Waals surface area contributed by atoms with Crippen LogP contribution in [0.25, 0.3) is 112 Å². The second kappa shape index (κ2) is 40.6. The van der Waals surface area contributed by atoms with Gasteiger partial charge in [-0.2, -0.15) is 26.1 Å². The van der Waals surface area contributed by atoms with Crippen molar-refractivity contribution in [3.63, 3.8) is 0 Å². The Bertz CT molecular complexity index is 6890. The van der Waals surface area contributed by atoms with E-state index in [1.165, 1.54) is 0 Å². The Morgan fingerprint density at radius 1 is 0.358 bits per heavy atom. The van der Waals surface area contributed by atoms with E-state index in [0.717, 1.165) is 196 Å². The largest absolute Gasteiger partial charge is 0.378 e. The first-order valence-electron chi connectivity index (χ1n) is 45.1. The Hall–Kier alpha value is -16.0. The number of piperidine rings is 2. The van der Waals surface area contributed by atoms with Crippen LogP contribution in [0.1, 0.15) is 89.4 Å². The second-order valence-electron chi connectivity index (χ2n) is 34.1. The number of hydrogen-bond acceptors (Lipinski definition) is 19. The maximum Gasteiger partial charge on any atom is 0.254 e. The number of benzene rings is 9. The molecule has 5 aliphatic heterocycles. The average molecular weight is 1770 g/mol. The Labute approximate surface area is 776 Å². The van der Waals surface area contributed by atoms with E-state index in [4.69, 9.17) is 35.6 Å². The van der Waals surface area contributed by atoms with E-state index in [2.05, 4.69) is 102 Å². The van der Waals surface area contributed by atoms with Gasteiger partial charge in [-0.3, -0.25) is 42.4 Å². The van der Waals surface area contributed by atoms with Crippen molar-refractivity contribution < 1.29 is 28.7 Å². The molecule has 5 aliphatic rings. The van der Waals surface area contributed by atoms with E-state index in [1.807, 2.05) is 240 Å². The molecule has 16 aromatic rings. The first-order chi connectivity index (χ1) is 65.6. The predicted octanol–water partition coefficient (Wildman–Crippen LogP) is 15.9. The lowest BCUT2D eigenvalue weighted by molar-refractivity contribution is 0.0301. The van der Waals surface area contributed by atoms with Crippen LogP contribution >= 0.6 is 0 Å². The third-order valence-corrected chi connectivity index (χ3v) is 25.7. The van der Waals surface area contributed by atoms with Crippen LogP contribution in [0.2, 0.25) is 0 Å². The number of imidazole rings is 4. The van der Waals surface area contributed by atoms with Crippen molar-refractivity contribution in [2.24, 2.45) is 0 Å². The monoisotopic (exact) mass is 1770 g/mol. The zero-order chi connectivity index (χ0) is 92.1. The Kier molecular flexibility index (Phi) is 26.8. The van der Waals surface area contributed by atoms with Crippen LogP contribution in [-0.2, 0) is 9.47 Å². The highest BCUT2D eigenvalue weighted by molar-refractivity contribution is 5.97. The van der Waals surface area contributed by atoms with E-state index in [0.29, 0.717) is 104 Å². The maximum absolute atomic E-state index is 13.2. The van der Waals surface area contributed by atoms with Crippen molar-refractivity contribution in [1.29, 1.82) is 21.0 Å². The molecule has 0 atom stereocenters. The third kappa shape index (κ3) is 19.9. The van der Waals surface area contributed by atoms with Crippen LogP contribution in [0, 0.1) is 45.3 Å². The van der Waals surface area contributed by atoms with Crippen LogP contribution < -0.4 is 0 Å². The minimum absolute atomic E-state index is 0.0240. The van der Waals surface area contributed by atoms with Crippen molar-refractivity contribution in [3.05, 3.63) is 325 Å². The number of carbonyl (C=O) groups is 4. The number of rotatable bonds is 14. The summed E-state index contributed by atoms with van der Waals surface area (Å²) in [5.41, 5.74) is 23.7. The maximum atomic E-state index is 13.2. The second-order valence-corrected chi connectivity index (χ2v) is 34.1. The number of pyridine rings is 1. The molecule has 0 saturated carbocycles. The Balaban J connectivity index is 0.000000120. The van der Waals surface area contributed by atoms with Crippen LogP contribution in [0.15, 0.2) is 280 Å². The lowest BCUT2D eigenvalue weighted by Crippen LogP contribution is -2.52. The zero-order valence-corrected chi connectivity index (χ0v) is 74.7. The van der Waals surface area contributed by atoms with Crippen molar-refractivity contribution in [3.8, 4) is 109 Å². The molecule has 4 amide bonds. The number of likely N-dealkylation sites (tertiary alicyclic amines) is 2. The summed E-state index contributed by atoms with van der Waals surface area (Å²) in [4.78, 5) is 88.9. The summed E-state index contributed by atoms with van der Waals surface area (Å²) in [5, 5.41) is 41.0. The fourth-order valence-corrected chi connectivity index (χ4v) is 17.7. The van der Waals surface area contributed by atoms with Gasteiger partial charge in [0.15, 0.2) is 11.3 Å². The molecule has 5 saturated heterocycles. The Morgan fingerprint density at radius 2 is 0.754 bits per heavy atom. The van der Waals surface area contributed by atoms with E-state index in [9.17, 15) is 19.2 Å². The van der Waals surface area contributed by atoms with Gasteiger partial charge in [-0.25, -0.2) is 24.5 Å². The van der Waals surface area contributed by atoms with Crippen molar-refractivity contribution in [1.82, 2.24) is 82.2 Å². The quantitative estimate of drug-likeness (QED) is 0.0976. The van der Waals surface area contributed by atoms with Crippen LogP contribution in [0.4, 0.5) is 0 Å². The highest BCUT2D eigenvalue weighted by Crippen LogP contribution is 2.33. The SMILES string of the molecule is CN(C)C1CCN(C(=O)c2ccc(-c3ccc4ncc(-c5ccc(C#N)cc5)n4c3)cc2)CC1.CN1CCN(C2CCN(C(=O)c3ccc(-c4ccc5ncc(-c6ccc(C#N)cc6)n5n4)cc3)CC2)CC1.N#Cc1ccc(-c2cnc3cnc(-c4ccc(C(=O)N5CCOCC5)cc4)cn23)cc1.N#Cc1ccc(-n2cnc3ccc(-c4ccc(C(=O)N5CCOCC5)cc4)cc32)cc1. The molecule has 21 rings (SSSR count). The molecule has 27 nitrogen and oxygen atoms in total. The molecule has 666 valence electrons. The van der Waals surface area contributed by atoms with E-state index < -0.39 is 0 Å². The molecule has 27 heteroatoms. The van der Waals surface area contributed by atoms with Gasteiger partial charge in [0, 0.05) is 159 Å². The minimum atomic E-state index is 0.0240. The van der Waals surface area contributed by atoms with Crippen LogP contribution in [0.5, 0.6) is 0 Å². The highest BCUT2D eigenvalue weighted by atomic mass is 16.5. The topological polar surface area (TPSA) is 300 Å². The van der Waals surface area contributed by atoms with Crippen molar-refractivity contribution >= 4 is 51.6 Å². The number of ether oxygens (including phenoxy) is 2. The molecule has 7 aromatic heterocycles. The number of likely N-dealkylation sites (N-methyl/N-ethyl adjacent to an activating group) is 1. The lowest BCUT2D eigenvalue weighted by Gasteiger charge is -2.42. The van der Waals surface area contributed by atoms with Crippen LogP contribution in [0.3, 0.4) is 0 Å². The smallest absolute Gasteiger partial charge is 0.254 e. The molecule has 0 radical (unpaired) electrons. The molecule has 0 N–H and O–H groups in total. The van der Waals surface area contributed by atoms with Crippen molar-refractivity contribution in [2.45, 2.75) is 37.8 Å². The minimum Gasteiger partial charge on any atom is -0.378 e. The van der Waals surface area contributed by atoms with E-state index in [1.54, 1.807) is 61.3 Å². The number of morpholine rings is 2. The van der Waals surface area contributed by atoms with Gasteiger partial charge < -0.3 is 38.9 Å². The molecule has 0 bridgehead atoms. The third-order valence-electron chi connectivity index (χ3n) is 25.7. The van der Waals surface area contributed by atoms with Gasteiger partial charge in [-0.1, -0.05) is 91.0 Å². The predicted molar refractivity (Wildman–Crippen MR) is 513 cm³/mol. The van der Waals surface area contributed by atoms with Crippen LogP contribution in [-0.4, -0.2) is 244 Å². The molecule has 5 fully saturated rings. The molecule has 12 heterocycles. The summed E-state index contributed by atoms with van der Waals surface area (Å²) in [6, 6.07) is 84.4. The fraction of sp³-hybridized carbons (Fsp3) is 0.234. The molecular weight excluding hydrogens is 1680 g/mol. The fourth-order valence-electron chi connectivity index (χ4n) is 17.7. The highest BCUT2D eigenvalue weighted by Gasteiger charge is 2.31. The first-order valence-corrected chi connectivity index (χ1v) is 45.1. The van der Waals surface area contributed by atoms with Crippen molar-refractivity contribution in [2.75, 3.05) is 126 Å². The molecule has 9 aromatic carbocycles. The first kappa shape index (κ1) is 88.7. The summed E-state index contributed by atoms with van der Waals surface area (Å²) in [6.45, 7) is 12.6. The molecule has 134 heavy (non-hydrogen) atoms. The van der Waals surface area contributed by atoms with E-state index >= 15 is 0 Å². The standard InChI is InChI=1S/C30H31N7O.C28H27N5O.C25H20N4O2.C24H19N5O2/c1-34-16-18-35(19-17-34)26-12-14-36(15-13-26)30(38)25-8-6-23(7-9-25)27-10-11-29-32-21-28(37(29)33-27)24-4-2-22(20-31)3-5-24;1-31(2)25-13-15-32(16-14-25)28(34)23-9-7-21(8-10-23)24-11-12-27-30-18-26(33(27)19-24)22-5-3-20(17-29)4-6-22;26-16-18-1-8-22(9-2-18)29-17-27-23-10-7-21(15-24(23)29)19-3-5-20(6-4-19)25(30)28-11-13-31-14-12-28;25-13-17-1-3-19(4-2-17)22-14-27-23-15-26-21(16-29(22)23)18-5-7-20(8-6-18)24(30)28-9-11-31-12-10-28/h2-11,21,26H,12-19H2,1H3;3-12,18-19,25H,13-16H2,1-2H3;1-10,15,17H,11-14H2;1-8,14-16H,9-12H2. The summed E-state index contributed by atoms with van der Waals surface area (Å²) < 4.78 is 18.5. The summed E-state index contributed by atoms with van der Waals surface area (Å²) >= 11 is 0.